The molecule has 0 unspecified atom stereocenters. The number of benzene rings is 1. The average molecular weight is 169 g/mol. The van der Waals surface area contributed by atoms with Gasteiger partial charge in [0.1, 0.15) is 11.5 Å². The summed E-state index contributed by atoms with van der Waals surface area (Å²) >= 11 is 0. The molecule has 0 saturated heterocycles. The van der Waals surface area contributed by atoms with Gasteiger partial charge in [-0.2, -0.15) is 0 Å². The number of aliphatic hydroxyl groups is 1. The van der Waals surface area contributed by atoms with Gasteiger partial charge in [-0.25, -0.2) is 0 Å². The van der Waals surface area contributed by atoms with E-state index in [2.05, 4.69) is 0 Å². The lowest BCUT2D eigenvalue weighted by Gasteiger charge is -2.08. The fourth-order valence-electron chi connectivity index (χ4n) is 0.938. The van der Waals surface area contributed by atoms with Gasteiger partial charge in [-0.3, -0.25) is 0 Å². The molecule has 0 fully saturated rings. The number of hydrogen-bond donors (Lipinski definition) is 4. The molecule has 0 aliphatic carbocycles. The van der Waals surface area contributed by atoms with Crippen LogP contribution in [0.4, 0.5) is 0 Å². The van der Waals surface area contributed by atoms with Crippen molar-refractivity contribution in [1.29, 1.82) is 0 Å². The Bertz CT molecular complexity index is 255. The highest BCUT2D eigenvalue weighted by Crippen LogP contribution is 2.23. The van der Waals surface area contributed by atoms with Crippen molar-refractivity contribution in [3.05, 3.63) is 23.8 Å². The fourth-order valence-corrected chi connectivity index (χ4v) is 0.938. The van der Waals surface area contributed by atoms with E-state index in [-0.39, 0.29) is 18.1 Å². The van der Waals surface area contributed by atoms with E-state index in [0.717, 1.165) is 0 Å². The van der Waals surface area contributed by atoms with E-state index in [0.29, 0.717) is 5.56 Å². The second-order valence-corrected chi connectivity index (χ2v) is 2.57. The number of hydrogen-bond acceptors (Lipinski definition) is 4. The first kappa shape index (κ1) is 8.83. The summed E-state index contributed by atoms with van der Waals surface area (Å²) in [6.07, 6.45) is 0. The largest absolute Gasteiger partial charge is 0.508 e. The van der Waals surface area contributed by atoms with Crippen LogP contribution < -0.4 is 5.73 Å². The molecule has 0 spiro atoms. The first-order chi connectivity index (χ1) is 5.63. The van der Waals surface area contributed by atoms with Gasteiger partial charge >= 0.3 is 0 Å². The zero-order valence-electron chi connectivity index (χ0n) is 6.44. The topological polar surface area (TPSA) is 86.7 Å². The van der Waals surface area contributed by atoms with Crippen molar-refractivity contribution < 1.29 is 15.3 Å². The summed E-state index contributed by atoms with van der Waals surface area (Å²) in [5.74, 6) is -0.122. The molecular weight excluding hydrogens is 158 g/mol. The number of phenolic OH excluding ortho intramolecular Hbond substituents is 2. The van der Waals surface area contributed by atoms with Gasteiger partial charge in [0.25, 0.3) is 0 Å². The molecule has 0 radical (unpaired) electrons. The van der Waals surface area contributed by atoms with Crippen LogP contribution >= 0.6 is 0 Å². The maximum Gasteiger partial charge on any atom is 0.119 e. The van der Waals surface area contributed by atoms with Crippen molar-refractivity contribution in [2.24, 2.45) is 5.73 Å². The minimum atomic E-state index is -0.567. The second kappa shape index (κ2) is 3.42. The summed E-state index contributed by atoms with van der Waals surface area (Å²) in [4.78, 5) is 0. The molecule has 5 N–H and O–H groups in total. The Labute approximate surface area is 69.9 Å². The van der Waals surface area contributed by atoms with E-state index < -0.39 is 6.04 Å². The number of aromatic hydroxyl groups is 2. The van der Waals surface area contributed by atoms with Crippen molar-refractivity contribution in [3.63, 3.8) is 0 Å². The first-order valence-corrected chi connectivity index (χ1v) is 3.53. The van der Waals surface area contributed by atoms with Crippen LogP contribution in [0, 0.1) is 0 Å². The molecule has 4 heteroatoms. The quantitative estimate of drug-likeness (QED) is 0.505. The normalized spacial score (nSPS) is 12.8. The highest BCUT2D eigenvalue weighted by atomic mass is 16.3. The minimum absolute atomic E-state index is 0.0612. The Hall–Kier alpha value is -1.26. The Morgan fingerprint density at radius 3 is 2.08 bits per heavy atom. The standard InChI is InChI=1S/C8H11NO3/c9-8(4-10)5-1-6(11)3-7(12)2-5/h1-3,8,10-12H,4,9H2/t8-/m1/s1. The molecular formula is C8H11NO3. The molecule has 1 rings (SSSR count). The Balaban J connectivity index is 3.00. The summed E-state index contributed by atoms with van der Waals surface area (Å²) in [5.41, 5.74) is 5.97. The molecule has 1 atom stereocenters. The third kappa shape index (κ3) is 1.87. The van der Waals surface area contributed by atoms with E-state index in [1.807, 2.05) is 0 Å². The van der Waals surface area contributed by atoms with Gasteiger partial charge in [0.05, 0.1) is 12.6 Å². The smallest absolute Gasteiger partial charge is 0.119 e. The van der Waals surface area contributed by atoms with Gasteiger partial charge in [-0.05, 0) is 17.7 Å². The van der Waals surface area contributed by atoms with Crippen molar-refractivity contribution >= 4 is 0 Å². The maximum atomic E-state index is 9.04. The van der Waals surface area contributed by atoms with Gasteiger partial charge < -0.3 is 21.1 Å². The van der Waals surface area contributed by atoms with Crippen LogP contribution in [0.1, 0.15) is 11.6 Å². The zero-order valence-corrected chi connectivity index (χ0v) is 6.44. The molecule has 0 aliphatic rings. The maximum absolute atomic E-state index is 9.04. The highest BCUT2D eigenvalue weighted by Gasteiger charge is 2.06. The average Bonchev–Trinajstić information content (AvgIpc) is 2.01. The number of phenols is 2. The van der Waals surface area contributed by atoms with Gasteiger partial charge in [0.15, 0.2) is 0 Å². The van der Waals surface area contributed by atoms with E-state index >= 15 is 0 Å². The van der Waals surface area contributed by atoms with Crippen LogP contribution in [0.5, 0.6) is 11.5 Å². The Morgan fingerprint density at radius 2 is 1.67 bits per heavy atom. The van der Waals surface area contributed by atoms with Crippen LogP contribution in [0.3, 0.4) is 0 Å². The first-order valence-electron chi connectivity index (χ1n) is 3.53. The molecule has 1 aromatic carbocycles. The molecule has 0 aromatic heterocycles. The molecule has 0 amide bonds. The van der Waals surface area contributed by atoms with Gasteiger partial charge in [0.2, 0.25) is 0 Å². The SMILES string of the molecule is N[C@H](CO)c1cc(O)cc(O)c1. The Morgan fingerprint density at radius 1 is 1.17 bits per heavy atom. The zero-order chi connectivity index (χ0) is 9.14. The van der Waals surface area contributed by atoms with Crippen LogP contribution in [0.25, 0.3) is 0 Å². The molecule has 1 aromatic rings. The third-order valence-electron chi connectivity index (χ3n) is 1.55. The molecule has 0 aliphatic heterocycles. The lowest BCUT2D eigenvalue weighted by Crippen LogP contribution is -2.14. The predicted octanol–water partition coefficient (Wildman–Crippen LogP) is 0.0899. The van der Waals surface area contributed by atoms with Crippen molar-refractivity contribution in [2.45, 2.75) is 6.04 Å². The number of nitrogens with two attached hydrogens (primary N) is 1. The van der Waals surface area contributed by atoms with Gasteiger partial charge in [0, 0.05) is 6.07 Å². The summed E-state index contributed by atoms with van der Waals surface area (Å²) in [7, 11) is 0. The van der Waals surface area contributed by atoms with Crippen molar-refractivity contribution in [1.82, 2.24) is 0 Å². The molecule has 0 saturated carbocycles. The molecule has 0 bridgehead atoms. The lowest BCUT2D eigenvalue weighted by molar-refractivity contribution is 0.267. The van der Waals surface area contributed by atoms with Crippen molar-refractivity contribution in [3.8, 4) is 11.5 Å². The fraction of sp³-hybridized carbons (Fsp3) is 0.250. The summed E-state index contributed by atoms with van der Waals surface area (Å²) < 4.78 is 0. The van der Waals surface area contributed by atoms with Gasteiger partial charge in [-0.1, -0.05) is 0 Å². The predicted molar refractivity (Wildman–Crippen MR) is 43.8 cm³/mol. The van der Waals surface area contributed by atoms with Crippen LogP contribution in [0.2, 0.25) is 0 Å². The van der Waals surface area contributed by atoms with Crippen LogP contribution in [-0.4, -0.2) is 21.9 Å². The minimum Gasteiger partial charge on any atom is -0.508 e. The third-order valence-corrected chi connectivity index (χ3v) is 1.55. The molecule has 0 heterocycles. The van der Waals surface area contributed by atoms with E-state index in [1.165, 1.54) is 18.2 Å². The highest BCUT2D eigenvalue weighted by molar-refractivity contribution is 5.37. The van der Waals surface area contributed by atoms with E-state index in [1.54, 1.807) is 0 Å². The van der Waals surface area contributed by atoms with Crippen LogP contribution in [-0.2, 0) is 0 Å². The second-order valence-electron chi connectivity index (χ2n) is 2.57. The number of rotatable bonds is 2. The number of aliphatic hydroxyl groups excluding tert-OH is 1. The Kier molecular flexibility index (Phi) is 2.52. The molecule has 4 nitrogen and oxygen atoms in total. The van der Waals surface area contributed by atoms with E-state index in [9.17, 15) is 0 Å². The summed E-state index contributed by atoms with van der Waals surface area (Å²) in [6, 6.07) is 3.44. The van der Waals surface area contributed by atoms with Crippen molar-refractivity contribution in [2.75, 3.05) is 6.61 Å². The summed E-state index contributed by atoms with van der Waals surface area (Å²) in [5, 5.41) is 26.8. The lowest BCUT2D eigenvalue weighted by atomic mass is 10.1. The molecule has 66 valence electrons. The monoisotopic (exact) mass is 169 g/mol. The van der Waals surface area contributed by atoms with Gasteiger partial charge in [-0.15, -0.1) is 0 Å². The van der Waals surface area contributed by atoms with E-state index in [4.69, 9.17) is 21.1 Å². The summed E-state index contributed by atoms with van der Waals surface area (Å²) in [6.45, 7) is -0.219. The molecule has 12 heavy (non-hydrogen) atoms. The van der Waals surface area contributed by atoms with Crippen LogP contribution in [0.15, 0.2) is 18.2 Å².